The first-order chi connectivity index (χ1) is 8.18. The van der Waals surface area contributed by atoms with Crippen LogP contribution in [0.3, 0.4) is 0 Å². The molecule has 0 unspecified atom stereocenters. The fourth-order valence-electron chi connectivity index (χ4n) is 2.33. The van der Waals surface area contributed by atoms with Gasteiger partial charge >= 0.3 is 5.82 Å². The monoisotopic (exact) mass is 238 g/mol. The Hall–Kier alpha value is -1.59. The molecule has 1 aromatic heterocycles. The molecule has 17 heavy (non-hydrogen) atoms. The van der Waals surface area contributed by atoms with Crippen LogP contribution in [0.4, 0.5) is 11.6 Å². The summed E-state index contributed by atoms with van der Waals surface area (Å²) >= 11 is 0. The molecule has 1 heterocycles. The Balaban J connectivity index is 2.11. The normalized spacial score (nSPS) is 17.7. The minimum absolute atomic E-state index is 0.0725. The van der Waals surface area contributed by atoms with Crippen LogP contribution in [0, 0.1) is 10.1 Å². The van der Waals surface area contributed by atoms with Crippen LogP contribution < -0.4 is 5.32 Å². The van der Waals surface area contributed by atoms with E-state index in [1.807, 2.05) is 0 Å². The van der Waals surface area contributed by atoms with E-state index in [4.69, 9.17) is 0 Å². The zero-order valence-electron chi connectivity index (χ0n) is 10.1. The zero-order valence-corrected chi connectivity index (χ0v) is 10.1. The summed E-state index contributed by atoms with van der Waals surface area (Å²) in [5.41, 5.74) is 0. The van der Waals surface area contributed by atoms with Gasteiger partial charge in [-0.15, -0.1) is 0 Å². The van der Waals surface area contributed by atoms with Gasteiger partial charge in [0.05, 0.1) is 0 Å². The van der Waals surface area contributed by atoms with Crippen LogP contribution in [0.15, 0.2) is 6.33 Å². The Bertz CT molecular complexity index is 394. The molecule has 0 saturated heterocycles. The lowest BCUT2D eigenvalue weighted by atomic mass is 10.1. The molecule has 6 heteroatoms. The van der Waals surface area contributed by atoms with Crippen LogP contribution in [-0.2, 0) is 7.05 Å². The van der Waals surface area contributed by atoms with E-state index in [1.165, 1.54) is 32.0 Å². The third-order valence-corrected chi connectivity index (χ3v) is 3.29. The van der Waals surface area contributed by atoms with Gasteiger partial charge in [0.1, 0.15) is 0 Å². The van der Waals surface area contributed by atoms with Crippen LogP contribution in [0.2, 0.25) is 0 Å². The van der Waals surface area contributed by atoms with Crippen molar-refractivity contribution in [2.75, 3.05) is 5.32 Å². The lowest BCUT2D eigenvalue weighted by Crippen LogP contribution is -2.20. The molecule has 0 aromatic carbocycles. The van der Waals surface area contributed by atoms with E-state index >= 15 is 0 Å². The van der Waals surface area contributed by atoms with E-state index in [9.17, 15) is 10.1 Å². The summed E-state index contributed by atoms with van der Waals surface area (Å²) < 4.78 is 1.68. The molecule has 1 fully saturated rings. The van der Waals surface area contributed by atoms with Gasteiger partial charge in [-0.1, -0.05) is 25.7 Å². The summed E-state index contributed by atoms with van der Waals surface area (Å²) in [7, 11) is 1.78. The summed E-state index contributed by atoms with van der Waals surface area (Å²) in [6.07, 6.45) is 8.59. The molecule has 0 spiro atoms. The van der Waals surface area contributed by atoms with E-state index in [0.29, 0.717) is 11.9 Å². The largest absolute Gasteiger partial charge is 0.406 e. The smallest absolute Gasteiger partial charge is 0.362 e. The first-order valence-electron chi connectivity index (χ1n) is 6.10. The molecule has 0 aliphatic heterocycles. The highest BCUT2D eigenvalue weighted by atomic mass is 16.6. The van der Waals surface area contributed by atoms with Crippen molar-refractivity contribution in [2.24, 2.45) is 7.05 Å². The highest BCUT2D eigenvalue weighted by molar-refractivity contribution is 5.52. The van der Waals surface area contributed by atoms with E-state index in [1.54, 1.807) is 11.6 Å². The molecule has 2 rings (SSSR count). The summed E-state index contributed by atoms with van der Waals surface area (Å²) in [5, 5.41) is 14.1. The van der Waals surface area contributed by atoms with Gasteiger partial charge in [0, 0.05) is 13.1 Å². The number of anilines is 1. The van der Waals surface area contributed by atoms with Crippen molar-refractivity contribution in [2.45, 2.75) is 44.6 Å². The molecule has 1 saturated carbocycles. The molecule has 94 valence electrons. The Morgan fingerprint density at radius 2 is 2.06 bits per heavy atom. The standard InChI is InChI=1S/C11H18N4O2/c1-14-8-12-10(15(16)17)11(14)13-9-6-4-2-3-5-7-9/h8-9,13H,2-7H2,1H3. The number of hydrogen-bond donors (Lipinski definition) is 1. The van der Waals surface area contributed by atoms with Crippen molar-refractivity contribution in [3.05, 3.63) is 16.4 Å². The number of nitro groups is 1. The Kier molecular flexibility index (Phi) is 3.61. The fraction of sp³-hybridized carbons (Fsp3) is 0.727. The van der Waals surface area contributed by atoms with Crippen LogP contribution in [0.25, 0.3) is 0 Å². The number of aryl methyl sites for hydroxylation is 1. The maximum absolute atomic E-state index is 10.8. The average molecular weight is 238 g/mol. The van der Waals surface area contributed by atoms with Gasteiger partial charge in [0.15, 0.2) is 0 Å². The number of imidazole rings is 1. The summed E-state index contributed by atoms with van der Waals surface area (Å²) in [6.45, 7) is 0. The number of nitrogens with one attached hydrogen (secondary N) is 1. The van der Waals surface area contributed by atoms with Crippen LogP contribution >= 0.6 is 0 Å². The molecule has 1 N–H and O–H groups in total. The topological polar surface area (TPSA) is 73.0 Å². The van der Waals surface area contributed by atoms with Crippen molar-refractivity contribution in [3.8, 4) is 0 Å². The lowest BCUT2D eigenvalue weighted by Gasteiger charge is -2.16. The maximum atomic E-state index is 10.8. The fourth-order valence-corrected chi connectivity index (χ4v) is 2.33. The van der Waals surface area contributed by atoms with Crippen LogP contribution in [-0.4, -0.2) is 20.5 Å². The molecule has 0 amide bonds. The van der Waals surface area contributed by atoms with Gasteiger partial charge in [0.25, 0.3) is 0 Å². The SMILES string of the molecule is Cn1cnc([N+](=O)[O-])c1NC1CCCCCC1. The molecule has 0 atom stereocenters. The predicted octanol–water partition coefficient (Wildman–Crippen LogP) is 2.46. The van der Waals surface area contributed by atoms with E-state index in [0.717, 1.165) is 12.8 Å². The second-order valence-corrected chi connectivity index (χ2v) is 4.62. The number of hydrogen-bond acceptors (Lipinski definition) is 4. The van der Waals surface area contributed by atoms with Gasteiger partial charge in [-0.25, -0.2) is 0 Å². The summed E-state index contributed by atoms with van der Waals surface area (Å²) in [6, 6.07) is 0.339. The average Bonchev–Trinajstić information content (AvgIpc) is 2.52. The highest BCUT2D eigenvalue weighted by Gasteiger charge is 2.23. The summed E-state index contributed by atoms with van der Waals surface area (Å²) in [5.74, 6) is 0.457. The quantitative estimate of drug-likeness (QED) is 0.498. The van der Waals surface area contributed by atoms with Crippen molar-refractivity contribution < 1.29 is 4.92 Å². The third-order valence-electron chi connectivity index (χ3n) is 3.29. The van der Waals surface area contributed by atoms with Crippen LogP contribution in [0.1, 0.15) is 38.5 Å². The number of nitrogens with zero attached hydrogens (tertiary/aromatic N) is 3. The molecule has 1 aliphatic rings. The Labute approximate surface area is 100 Å². The highest BCUT2D eigenvalue weighted by Crippen LogP contribution is 2.26. The second-order valence-electron chi connectivity index (χ2n) is 4.62. The first kappa shape index (κ1) is 11.9. The minimum Gasteiger partial charge on any atom is -0.362 e. The number of rotatable bonds is 3. The van der Waals surface area contributed by atoms with Crippen molar-refractivity contribution in [1.29, 1.82) is 0 Å². The summed E-state index contributed by atoms with van der Waals surface area (Å²) in [4.78, 5) is 14.2. The lowest BCUT2D eigenvalue weighted by molar-refractivity contribution is -0.388. The van der Waals surface area contributed by atoms with E-state index < -0.39 is 4.92 Å². The predicted molar refractivity (Wildman–Crippen MR) is 65.0 cm³/mol. The van der Waals surface area contributed by atoms with Gasteiger partial charge < -0.3 is 15.4 Å². The van der Waals surface area contributed by atoms with Crippen molar-refractivity contribution in [1.82, 2.24) is 9.55 Å². The zero-order chi connectivity index (χ0) is 12.3. The number of aromatic nitrogens is 2. The third kappa shape index (κ3) is 2.75. The molecule has 0 bridgehead atoms. The molecule has 0 radical (unpaired) electrons. The minimum atomic E-state index is -0.432. The molecular weight excluding hydrogens is 220 g/mol. The Morgan fingerprint density at radius 3 is 2.65 bits per heavy atom. The second kappa shape index (κ2) is 5.16. The Morgan fingerprint density at radius 1 is 1.41 bits per heavy atom. The van der Waals surface area contributed by atoms with Crippen molar-refractivity contribution >= 4 is 11.6 Å². The maximum Gasteiger partial charge on any atom is 0.406 e. The van der Waals surface area contributed by atoms with Gasteiger partial charge in [-0.2, -0.15) is 0 Å². The van der Waals surface area contributed by atoms with Gasteiger partial charge in [-0.3, -0.25) is 4.57 Å². The molecule has 1 aromatic rings. The van der Waals surface area contributed by atoms with Crippen molar-refractivity contribution in [3.63, 3.8) is 0 Å². The van der Waals surface area contributed by atoms with Gasteiger partial charge in [-0.05, 0) is 22.7 Å². The van der Waals surface area contributed by atoms with E-state index in [2.05, 4.69) is 10.3 Å². The molecular formula is C11H18N4O2. The van der Waals surface area contributed by atoms with E-state index in [-0.39, 0.29) is 5.82 Å². The first-order valence-corrected chi connectivity index (χ1v) is 6.10. The van der Waals surface area contributed by atoms with Gasteiger partial charge in [0.2, 0.25) is 12.1 Å². The van der Waals surface area contributed by atoms with Crippen LogP contribution in [0.5, 0.6) is 0 Å². The molecule has 6 nitrogen and oxygen atoms in total. The molecule has 1 aliphatic carbocycles.